The van der Waals surface area contributed by atoms with E-state index in [0.717, 1.165) is 0 Å². The molecule has 0 unspecified atom stereocenters. The quantitative estimate of drug-likeness (QED) is 0.759. The SMILES string of the molecule is COc1cccc(NC(=O)C2(C(N)=O)CC2)c1. The third-order valence-electron chi connectivity index (χ3n) is 2.98. The molecule has 1 saturated carbocycles. The summed E-state index contributed by atoms with van der Waals surface area (Å²) in [5, 5.41) is 2.68. The van der Waals surface area contributed by atoms with Crippen molar-refractivity contribution in [3.8, 4) is 5.75 Å². The van der Waals surface area contributed by atoms with E-state index in [4.69, 9.17) is 10.5 Å². The van der Waals surface area contributed by atoms with Crippen molar-refractivity contribution in [3.63, 3.8) is 0 Å². The third kappa shape index (κ3) is 2.08. The van der Waals surface area contributed by atoms with Crippen molar-refractivity contribution >= 4 is 17.5 Å². The van der Waals surface area contributed by atoms with Gasteiger partial charge in [0.1, 0.15) is 11.2 Å². The minimum Gasteiger partial charge on any atom is -0.497 e. The molecule has 17 heavy (non-hydrogen) atoms. The van der Waals surface area contributed by atoms with Crippen LogP contribution in [0.2, 0.25) is 0 Å². The molecule has 0 heterocycles. The lowest BCUT2D eigenvalue weighted by molar-refractivity contribution is -0.132. The monoisotopic (exact) mass is 234 g/mol. The Balaban J connectivity index is 2.11. The first-order valence-corrected chi connectivity index (χ1v) is 5.34. The van der Waals surface area contributed by atoms with Crippen LogP contribution in [-0.4, -0.2) is 18.9 Å². The molecule has 1 fully saturated rings. The van der Waals surface area contributed by atoms with Gasteiger partial charge in [-0.2, -0.15) is 0 Å². The van der Waals surface area contributed by atoms with E-state index in [1.165, 1.54) is 0 Å². The zero-order chi connectivity index (χ0) is 12.5. The molecule has 1 aliphatic carbocycles. The average Bonchev–Trinajstić information content (AvgIpc) is 3.10. The molecule has 90 valence electrons. The number of hydrogen-bond donors (Lipinski definition) is 2. The van der Waals surface area contributed by atoms with Gasteiger partial charge in [0.25, 0.3) is 0 Å². The Morgan fingerprint density at radius 2 is 2.12 bits per heavy atom. The normalized spacial score (nSPS) is 16.1. The predicted octanol–water partition coefficient (Wildman–Crippen LogP) is 0.899. The van der Waals surface area contributed by atoms with E-state index in [2.05, 4.69) is 5.32 Å². The number of benzene rings is 1. The van der Waals surface area contributed by atoms with E-state index in [9.17, 15) is 9.59 Å². The number of carbonyl (C=O) groups is 2. The van der Waals surface area contributed by atoms with Crippen LogP contribution in [0.5, 0.6) is 5.75 Å². The lowest BCUT2D eigenvalue weighted by Crippen LogP contribution is -2.36. The van der Waals surface area contributed by atoms with Gasteiger partial charge in [-0.25, -0.2) is 0 Å². The molecule has 1 aromatic rings. The summed E-state index contributed by atoms with van der Waals surface area (Å²) in [4.78, 5) is 23.1. The summed E-state index contributed by atoms with van der Waals surface area (Å²) in [5.41, 5.74) is 4.82. The van der Waals surface area contributed by atoms with E-state index >= 15 is 0 Å². The number of carbonyl (C=O) groups excluding carboxylic acids is 2. The zero-order valence-electron chi connectivity index (χ0n) is 9.53. The van der Waals surface area contributed by atoms with Crippen LogP contribution in [0, 0.1) is 5.41 Å². The van der Waals surface area contributed by atoms with Gasteiger partial charge >= 0.3 is 0 Å². The third-order valence-corrected chi connectivity index (χ3v) is 2.98. The summed E-state index contributed by atoms with van der Waals surface area (Å²) in [7, 11) is 1.55. The summed E-state index contributed by atoms with van der Waals surface area (Å²) in [5.74, 6) is -0.247. The van der Waals surface area contributed by atoms with Crippen LogP contribution in [0.25, 0.3) is 0 Å². The standard InChI is InChI=1S/C12H14N2O3/c1-17-9-4-2-3-8(7-9)14-11(16)12(5-6-12)10(13)15/h2-4,7H,5-6H2,1H3,(H2,13,15)(H,14,16). The van der Waals surface area contributed by atoms with E-state index < -0.39 is 11.3 Å². The highest BCUT2D eigenvalue weighted by Gasteiger charge is 2.55. The van der Waals surface area contributed by atoms with E-state index in [0.29, 0.717) is 24.3 Å². The molecule has 1 aliphatic rings. The lowest BCUT2D eigenvalue weighted by Gasteiger charge is -2.12. The first kappa shape index (κ1) is 11.4. The Bertz CT molecular complexity index is 467. The first-order chi connectivity index (χ1) is 8.08. The van der Waals surface area contributed by atoms with Crippen LogP contribution in [0.15, 0.2) is 24.3 Å². The van der Waals surface area contributed by atoms with Gasteiger partial charge in [0.15, 0.2) is 0 Å². The van der Waals surface area contributed by atoms with Crippen LogP contribution < -0.4 is 15.8 Å². The smallest absolute Gasteiger partial charge is 0.240 e. The maximum Gasteiger partial charge on any atom is 0.240 e. The van der Waals surface area contributed by atoms with Gasteiger partial charge in [-0.1, -0.05) is 6.07 Å². The molecule has 2 rings (SSSR count). The van der Waals surface area contributed by atoms with E-state index in [1.54, 1.807) is 31.4 Å². The molecule has 0 radical (unpaired) electrons. The molecular weight excluding hydrogens is 220 g/mol. The van der Waals surface area contributed by atoms with Gasteiger partial charge in [-0.3, -0.25) is 9.59 Å². The van der Waals surface area contributed by atoms with E-state index in [-0.39, 0.29) is 5.91 Å². The Labute approximate surface area is 98.9 Å². The molecule has 2 amide bonds. The Morgan fingerprint density at radius 1 is 1.41 bits per heavy atom. The number of primary amides is 1. The Hall–Kier alpha value is -2.04. The molecule has 1 aromatic carbocycles. The summed E-state index contributed by atoms with van der Waals surface area (Å²) in [6.45, 7) is 0. The summed E-state index contributed by atoms with van der Waals surface area (Å²) >= 11 is 0. The predicted molar refractivity (Wildman–Crippen MR) is 62.5 cm³/mol. The second-order valence-corrected chi connectivity index (χ2v) is 4.13. The second kappa shape index (κ2) is 4.08. The average molecular weight is 234 g/mol. The maximum absolute atomic E-state index is 11.9. The van der Waals surface area contributed by atoms with Crippen LogP contribution >= 0.6 is 0 Å². The number of methoxy groups -OCH3 is 1. The van der Waals surface area contributed by atoms with Crippen LogP contribution in [-0.2, 0) is 9.59 Å². The van der Waals surface area contributed by atoms with Crippen LogP contribution in [0.1, 0.15) is 12.8 Å². The minimum atomic E-state index is -0.997. The maximum atomic E-state index is 11.9. The highest BCUT2D eigenvalue weighted by molar-refractivity contribution is 6.12. The van der Waals surface area contributed by atoms with Gasteiger partial charge in [0, 0.05) is 11.8 Å². The summed E-state index contributed by atoms with van der Waals surface area (Å²) in [6, 6.07) is 6.96. The van der Waals surface area contributed by atoms with Gasteiger partial charge < -0.3 is 15.8 Å². The Morgan fingerprint density at radius 3 is 2.65 bits per heavy atom. The van der Waals surface area contributed by atoms with Gasteiger partial charge in [0.2, 0.25) is 11.8 Å². The van der Waals surface area contributed by atoms with Gasteiger partial charge in [-0.15, -0.1) is 0 Å². The molecule has 0 spiro atoms. The number of anilines is 1. The molecule has 0 aliphatic heterocycles. The van der Waals surface area contributed by atoms with Crippen molar-refractivity contribution < 1.29 is 14.3 Å². The fraction of sp³-hybridized carbons (Fsp3) is 0.333. The summed E-state index contributed by atoms with van der Waals surface area (Å²) < 4.78 is 5.04. The molecular formula is C12H14N2O3. The molecule has 3 N–H and O–H groups in total. The van der Waals surface area contributed by atoms with Gasteiger partial charge in [0.05, 0.1) is 7.11 Å². The van der Waals surface area contributed by atoms with Gasteiger partial charge in [-0.05, 0) is 25.0 Å². The number of hydrogen-bond acceptors (Lipinski definition) is 3. The topological polar surface area (TPSA) is 81.4 Å². The molecule has 0 saturated heterocycles. The minimum absolute atomic E-state index is 0.335. The molecule has 5 heteroatoms. The number of nitrogens with one attached hydrogen (secondary N) is 1. The molecule has 5 nitrogen and oxygen atoms in total. The molecule has 0 aromatic heterocycles. The zero-order valence-corrected chi connectivity index (χ0v) is 9.53. The lowest BCUT2D eigenvalue weighted by atomic mass is 10.1. The number of nitrogens with two attached hydrogens (primary N) is 1. The highest BCUT2D eigenvalue weighted by atomic mass is 16.5. The fourth-order valence-corrected chi connectivity index (χ4v) is 1.66. The first-order valence-electron chi connectivity index (χ1n) is 5.34. The van der Waals surface area contributed by atoms with Crippen LogP contribution in [0.4, 0.5) is 5.69 Å². The van der Waals surface area contributed by atoms with Crippen LogP contribution in [0.3, 0.4) is 0 Å². The van der Waals surface area contributed by atoms with Crippen molar-refractivity contribution in [2.75, 3.05) is 12.4 Å². The van der Waals surface area contributed by atoms with Crippen molar-refractivity contribution in [2.24, 2.45) is 11.1 Å². The largest absolute Gasteiger partial charge is 0.497 e. The second-order valence-electron chi connectivity index (χ2n) is 4.13. The molecule has 0 bridgehead atoms. The molecule has 0 atom stereocenters. The van der Waals surface area contributed by atoms with Crippen molar-refractivity contribution in [3.05, 3.63) is 24.3 Å². The number of rotatable bonds is 4. The summed E-state index contributed by atoms with van der Waals surface area (Å²) in [6.07, 6.45) is 1.05. The van der Waals surface area contributed by atoms with Crippen molar-refractivity contribution in [2.45, 2.75) is 12.8 Å². The van der Waals surface area contributed by atoms with Crippen molar-refractivity contribution in [1.29, 1.82) is 0 Å². The highest BCUT2D eigenvalue weighted by Crippen LogP contribution is 2.46. The fourth-order valence-electron chi connectivity index (χ4n) is 1.66. The van der Waals surface area contributed by atoms with E-state index in [1.807, 2.05) is 0 Å². The van der Waals surface area contributed by atoms with Crippen molar-refractivity contribution in [1.82, 2.24) is 0 Å². The Kier molecular flexibility index (Phi) is 2.75. The number of amides is 2. The number of ether oxygens (including phenoxy) is 1.